The first-order valence-electron chi connectivity index (χ1n) is 9.19. The Morgan fingerprint density at radius 3 is 2.04 bits per heavy atom. The molecule has 26 heavy (non-hydrogen) atoms. The van der Waals surface area contributed by atoms with Crippen molar-refractivity contribution in [2.75, 3.05) is 20.3 Å². The van der Waals surface area contributed by atoms with Gasteiger partial charge in [-0.3, -0.25) is 0 Å². The minimum absolute atomic E-state index is 0.242. The van der Waals surface area contributed by atoms with Crippen LogP contribution >= 0.6 is 0 Å². The molecule has 0 aliphatic rings. The third kappa shape index (κ3) is 5.65. The summed E-state index contributed by atoms with van der Waals surface area (Å²) in [6, 6.07) is 8.19. The summed E-state index contributed by atoms with van der Waals surface area (Å²) in [5.74, 6) is 2.30. The Kier molecular flexibility index (Phi) is 7.76. The maximum atomic E-state index is 12.8. The van der Waals surface area contributed by atoms with E-state index >= 15 is 0 Å². The van der Waals surface area contributed by atoms with Gasteiger partial charge in [0.2, 0.25) is 0 Å². The van der Waals surface area contributed by atoms with Gasteiger partial charge in [0.05, 0.1) is 20.3 Å². The van der Waals surface area contributed by atoms with E-state index in [1.54, 1.807) is 19.2 Å². The van der Waals surface area contributed by atoms with Crippen molar-refractivity contribution >= 4 is 0 Å². The summed E-state index contributed by atoms with van der Waals surface area (Å²) in [6.45, 7) is 7.55. The molecule has 0 aliphatic carbocycles. The second-order valence-corrected chi connectivity index (χ2v) is 6.54. The molecule has 0 aliphatic heterocycles. The Bertz CT molecular complexity index is 696. The van der Waals surface area contributed by atoms with Crippen LogP contribution in [0.3, 0.4) is 0 Å². The van der Waals surface area contributed by atoms with E-state index in [4.69, 9.17) is 14.2 Å². The lowest BCUT2D eigenvalue weighted by Gasteiger charge is -2.17. The summed E-state index contributed by atoms with van der Waals surface area (Å²) in [7, 11) is 1.69. The van der Waals surface area contributed by atoms with Gasteiger partial charge in [0.25, 0.3) is 0 Å². The van der Waals surface area contributed by atoms with Crippen molar-refractivity contribution in [3.05, 3.63) is 52.8 Å². The SMILES string of the molecule is COc1cc(C)c(C)c(OCCCCCCOc2ccc(F)cc2)c1C. The molecule has 0 N–H and O–H groups in total. The van der Waals surface area contributed by atoms with Crippen LogP contribution in [0.4, 0.5) is 4.39 Å². The Labute approximate surface area is 156 Å². The van der Waals surface area contributed by atoms with Crippen molar-refractivity contribution in [3.8, 4) is 17.2 Å². The highest BCUT2D eigenvalue weighted by Crippen LogP contribution is 2.33. The lowest BCUT2D eigenvalue weighted by atomic mass is 10.0. The van der Waals surface area contributed by atoms with E-state index in [-0.39, 0.29) is 5.82 Å². The second kappa shape index (κ2) is 10.0. The number of benzene rings is 2. The summed E-state index contributed by atoms with van der Waals surface area (Å²) in [6.07, 6.45) is 4.16. The van der Waals surface area contributed by atoms with E-state index in [9.17, 15) is 4.39 Å². The summed E-state index contributed by atoms with van der Waals surface area (Å²) < 4.78 is 29.9. The van der Waals surface area contributed by atoms with Gasteiger partial charge in [0.1, 0.15) is 23.1 Å². The van der Waals surface area contributed by atoms with Gasteiger partial charge in [-0.15, -0.1) is 0 Å². The second-order valence-electron chi connectivity index (χ2n) is 6.54. The molecule has 0 unspecified atom stereocenters. The van der Waals surface area contributed by atoms with E-state index in [1.165, 1.54) is 23.3 Å². The molecule has 0 heterocycles. The molecule has 4 heteroatoms. The number of ether oxygens (including phenoxy) is 3. The van der Waals surface area contributed by atoms with E-state index in [1.807, 2.05) is 6.92 Å². The number of rotatable bonds is 10. The van der Waals surface area contributed by atoms with Gasteiger partial charge < -0.3 is 14.2 Å². The summed E-state index contributed by atoms with van der Waals surface area (Å²) in [4.78, 5) is 0. The van der Waals surface area contributed by atoms with Gasteiger partial charge in [0.15, 0.2) is 0 Å². The number of aryl methyl sites for hydroxylation is 1. The molecule has 0 spiro atoms. The molecule has 2 aromatic rings. The standard InChI is InChI=1S/C22H29FO3/c1-16-15-21(24-4)18(3)22(17(16)2)26-14-8-6-5-7-13-25-20-11-9-19(23)10-12-20/h9-12,15H,5-8,13-14H2,1-4H3. The van der Waals surface area contributed by atoms with Crippen LogP contribution in [0, 0.1) is 26.6 Å². The monoisotopic (exact) mass is 360 g/mol. The largest absolute Gasteiger partial charge is 0.496 e. The molecule has 0 atom stereocenters. The average Bonchev–Trinajstić information content (AvgIpc) is 2.64. The fraction of sp³-hybridized carbons (Fsp3) is 0.455. The van der Waals surface area contributed by atoms with Crippen molar-refractivity contribution < 1.29 is 18.6 Å². The van der Waals surface area contributed by atoms with E-state index in [0.29, 0.717) is 19.0 Å². The molecular weight excluding hydrogens is 331 g/mol. The maximum absolute atomic E-state index is 12.8. The smallest absolute Gasteiger partial charge is 0.129 e. The molecule has 0 bridgehead atoms. The quantitative estimate of drug-likeness (QED) is 0.503. The van der Waals surface area contributed by atoms with Crippen molar-refractivity contribution in [3.63, 3.8) is 0 Å². The summed E-state index contributed by atoms with van der Waals surface area (Å²) in [5, 5.41) is 0. The van der Waals surface area contributed by atoms with Gasteiger partial charge in [-0.25, -0.2) is 4.39 Å². The van der Waals surface area contributed by atoms with E-state index in [0.717, 1.165) is 42.7 Å². The van der Waals surface area contributed by atoms with E-state index in [2.05, 4.69) is 19.9 Å². The zero-order valence-electron chi connectivity index (χ0n) is 16.2. The number of methoxy groups -OCH3 is 1. The lowest BCUT2D eigenvalue weighted by Crippen LogP contribution is -2.04. The van der Waals surface area contributed by atoms with Crippen molar-refractivity contribution in [2.45, 2.75) is 46.5 Å². The highest BCUT2D eigenvalue weighted by molar-refractivity contribution is 5.52. The van der Waals surface area contributed by atoms with Gasteiger partial charge in [0, 0.05) is 5.56 Å². The van der Waals surface area contributed by atoms with Crippen LogP contribution < -0.4 is 14.2 Å². The van der Waals surface area contributed by atoms with Crippen LogP contribution in [-0.4, -0.2) is 20.3 Å². The third-order valence-electron chi connectivity index (χ3n) is 4.58. The van der Waals surface area contributed by atoms with Crippen LogP contribution in [0.25, 0.3) is 0 Å². The van der Waals surface area contributed by atoms with Crippen LogP contribution in [0.1, 0.15) is 42.4 Å². The van der Waals surface area contributed by atoms with Crippen LogP contribution in [0.15, 0.2) is 30.3 Å². The molecule has 0 saturated heterocycles. The molecule has 142 valence electrons. The lowest BCUT2D eigenvalue weighted by molar-refractivity contribution is 0.284. The minimum atomic E-state index is -0.242. The van der Waals surface area contributed by atoms with Gasteiger partial charge >= 0.3 is 0 Å². The Hall–Kier alpha value is -2.23. The predicted octanol–water partition coefficient (Wildman–Crippen LogP) is 5.78. The zero-order chi connectivity index (χ0) is 18.9. The van der Waals surface area contributed by atoms with Crippen molar-refractivity contribution in [2.24, 2.45) is 0 Å². The number of unbranched alkanes of at least 4 members (excludes halogenated alkanes) is 3. The molecule has 0 radical (unpaired) electrons. The predicted molar refractivity (Wildman–Crippen MR) is 103 cm³/mol. The zero-order valence-corrected chi connectivity index (χ0v) is 16.2. The molecule has 2 aromatic carbocycles. The minimum Gasteiger partial charge on any atom is -0.496 e. The van der Waals surface area contributed by atoms with Crippen LogP contribution in [0.2, 0.25) is 0 Å². The fourth-order valence-corrected chi connectivity index (χ4v) is 2.87. The number of hydrogen-bond acceptors (Lipinski definition) is 3. The van der Waals surface area contributed by atoms with Gasteiger partial charge in [-0.05, 0) is 87.9 Å². The normalized spacial score (nSPS) is 10.7. The molecular formula is C22H29FO3. The summed E-state index contributed by atoms with van der Waals surface area (Å²) >= 11 is 0. The molecule has 0 aromatic heterocycles. The van der Waals surface area contributed by atoms with Crippen molar-refractivity contribution in [1.29, 1.82) is 0 Å². The summed E-state index contributed by atoms with van der Waals surface area (Å²) in [5.41, 5.74) is 3.42. The van der Waals surface area contributed by atoms with Crippen LogP contribution in [-0.2, 0) is 0 Å². The van der Waals surface area contributed by atoms with Gasteiger partial charge in [-0.1, -0.05) is 0 Å². The first-order chi connectivity index (χ1) is 12.5. The molecule has 2 rings (SSSR count). The Morgan fingerprint density at radius 1 is 0.808 bits per heavy atom. The Morgan fingerprint density at radius 2 is 1.42 bits per heavy atom. The van der Waals surface area contributed by atoms with Crippen LogP contribution in [0.5, 0.6) is 17.2 Å². The van der Waals surface area contributed by atoms with Gasteiger partial charge in [-0.2, -0.15) is 0 Å². The number of halogens is 1. The fourth-order valence-electron chi connectivity index (χ4n) is 2.87. The number of hydrogen-bond donors (Lipinski definition) is 0. The highest BCUT2D eigenvalue weighted by Gasteiger charge is 2.12. The first kappa shape index (κ1) is 20.1. The highest BCUT2D eigenvalue weighted by atomic mass is 19.1. The maximum Gasteiger partial charge on any atom is 0.129 e. The Balaban J connectivity index is 1.65. The van der Waals surface area contributed by atoms with Crippen molar-refractivity contribution in [1.82, 2.24) is 0 Å². The molecule has 3 nitrogen and oxygen atoms in total. The third-order valence-corrected chi connectivity index (χ3v) is 4.58. The molecule has 0 saturated carbocycles. The first-order valence-corrected chi connectivity index (χ1v) is 9.19. The molecule has 0 amide bonds. The molecule has 0 fully saturated rings. The van der Waals surface area contributed by atoms with E-state index < -0.39 is 0 Å². The average molecular weight is 360 g/mol. The topological polar surface area (TPSA) is 27.7 Å².